The summed E-state index contributed by atoms with van der Waals surface area (Å²) in [5.41, 5.74) is 2.24. The predicted molar refractivity (Wildman–Crippen MR) is 63.5 cm³/mol. The van der Waals surface area contributed by atoms with Crippen molar-refractivity contribution < 1.29 is 9.53 Å². The van der Waals surface area contributed by atoms with Gasteiger partial charge in [0.1, 0.15) is 12.1 Å². The summed E-state index contributed by atoms with van der Waals surface area (Å²) in [6.45, 7) is 1.40. The van der Waals surface area contributed by atoms with E-state index >= 15 is 0 Å². The lowest BCUT2D eigenvalue weighted by atomic mass is 10.1. The van der Waals surface area contributed by atoms with Gasteiger partial charge in [0.2, 0.25) is 0 Å². The van der Waals surface area contributed by atoms with Crippen molar-refractivity contribution in [3.05, 3.63) is 35.4 Å². The van der Waals surface area contributed by atoms with Crippen LogP contribution in [0.4, 0.5) is 0 Å². The molecule has 0 N–H and O–H groups in total. The Kier molecular flexibility index (Phi) is 3.13. The minimum Gasteiger partial charge on any atom is -0.460 e. The number of ether oxygens (including phenoxy) is 1. The standard InChI is InChI=1S/C12H11NO2S/c1-8(14)15-11-6-9-4-2-3-5-10(9)12(11)13-7-16/h2-5,11-12H,6H2,1H3. The summed E-state index contributed by atoms with van der Waals surface area (Å²) in [6, 6.07) is 7.72. The van der Waals surface area contributed by atoms with E-state index in [0.717, 1.165) is 11.1 Å². The van der Waals surface area contributed by atoms with Crippen LogP contribution in [0.5, 0.6) is 0 Å². The minimum atomic E-state index is -0.289. The van der Waals surface area contributed by atoms with Crippen molar-refractivity contribution in [1.29, 1.82) is 0 Å². The topological polar surface area (TPSA) is 38.7 Å². The summed E-state index contributed by atoms with van der Waals surface area (Å²) in [5, 5.41) is 2.37. The smallest absolute Gasteiger partial charge is 0.303 e. The van der Waals surface area contributed by atoms with Crippen LogP contribution in [-0.4, -0.2) is 17.2 Å². The summed E-state index contributed by atoms with van der Waals surface area (Å²) in [5.74, 6) is -0.289. The molecule has 0 saturated carbocycles. The summed E-state index contributed by atoms with van der Waals surface area (Å²) in [6.07, 6.45) is 0.450. The zero-order valence-electron chi connectivity index (χ0n) is 8.84. The van der Waals surface area contributed by atoms with Crippen LogP contribution in [0, 0.1) is 0 Å². The van der Waals surface area contributed by atoms with Gasteiger partial charge in [-0.15, -0.1) is 0 Å². The number of benzene rings is 1. The number of hydrogen-bond acceptors (Lipinski definition) is 4. The molecule has 0 spiro atoms. The first-order valence-corrected chi connectivity index (χ1v) is 5.45. The Labute approximate surface area is 99.1 Å². The first-order chi connectivity index (χ1) is 7.72. The van der Waals surface area contributed by atoms with E-state index in [4.69, 9.17) is 4.74 Å². The minimum absolute atomic E-state index is 0.197. The molecule has 0 heterocycles. The number of hydrogen-bond donors (Lipinski definition) is 0. The molecule has 0 aromatic heterocycles. The molecule has 0 aliphatic heterocycles. The van der Waals surface area contributed by atoms with Crippen LogP contribution < -0.4 is 0 Å². The second-order valence-electron chi connectivity index (χ2n) is 3.72. The van der Waals surface area contributed by atoms with E-state index in [0.29, 0.717) is 6.42 Å². The normalized spacial score (nSPS) is 22.1. The first-order valence-electron chi connectivity index (χ1n) is 5.04. The van der Waals surface area contributed by atoms with Crippen LogP contribution in [0.1, 0.15) is 24.1 Å². The second kappa shape index (κ2) is 4.56. The van der Waals surface area contributed by atoms with E-state index in [2.05, 4.69) is 22.4 Å². The van der Waals surface area contributed by atoms with Gasteiger partial charge in [-0.05, 0) is 23.3 Å². The van der Waals surface area contributed by atoms with E-state index in [1.54, 1.807) is 0 Å². The fourth-order valence-corrected chi connectivity index (χ4v) is 2.18. The van der Waals surface area contributed by atoms with Crippen LogP contribution in [0.25, 0.3) is 0 Å². The number of fused-ring (bicyclic) bond motifs is 1. The average molecular weight is 233 g/mol. The van der Waals surface area contributed by atoms with E-state index in [1.807, 2.05) is 24.3 Å². The van der Waals surface area contributed by atoms with Gasteiger partial charge in [-0.25, -0.2) is 4.99 Å². The first kappa shape index (κ1) is 11.0. The summed E-state index contributed by atoms with van der Waals surface area (Å²) < 4.78 is 5.24. The third-order valence-electron chi connectivity index (χ3n) is 2.66. The van der Waals surface area contributed by atoms with Gasteiger partial charge in [0.15, 0.2) is 0 Å². The molecule has 1 aliphatic carbocycles. The van der Waals surface area contributed by atoms with Gasteiger partial charge >= 0.3 is 5.97 Å². The van der Waals surface area contributed by atoms with Gasteiger partial charge in [0, 0.05) is 13.3 Å². The van der Waals surface area contributed by atoms with Crippen LogP contribution in [0.3, 0.4) is 0 Å². The third-order valence-corrected chi connectivity index (χ3v) is 2.76. The van der Waals surface area contributed by atoms with Crippen molar-refractivity contribution in [2.75, 3.05) is 0 Å². The highest BCUT2D eigenvalue weighted by Gasteiger charge is 2.34. The lowest BCUT2D eigenvalue weighted by Gasteiger charge is -2.15. The Morgan fingerprint density at radius 2 is 2.31 bits per heavy atom. The molecule has 3 nitrogen and oxygen atoms in total. The molecule has 82 valence electrons. The highest BCUT2D eigenvalue weighted by Crippen LogP contribution is 2.35. The molecule has 4 heteroatoms. The highest BCUT2D eigenvalue weighted by atomic mass is 32.1. The van der Waals surface area contributed by atoms with Gasteiger partial charge in [0.25, 0.3) is 0 Å². The van der Waals surface area contributed by atoms with Crippen molar-refractivity contribution >= 4 is 23.3 Å². The molecule has 0 amide bonds. The molecule has 2 rings (SSSR count). The van der Waals surface area contributed by atoms with Gasteiger partial charge < -0.3 is 4.74 Å². The Bertz CT molecular complexity index is 466. The molecule has 1 aliphatic rings. The van der Waals surface area contributed by atoms with Crippen LogP contribution in [0.15, 0.2) is 29.3 Å². The number of carbonyl (C=O) groups excluding carboxylic acids is 1. The summed E-state index contributed by atoms with van der Waals surface area (Å²) in [4.78, 5) is 15.1. The number of carbonyl (C=O) groups is 1. The average Bonchev–Trinajstić information content (AvgIpc) is 2.57. The molecular formula is C12H11NO2S. The fourth-order valence-electron chi connectivity index (χ4n) is 2.07. The maximum atomic E-state index is 11.0. The summed E-state index contributed by atoms with van der Waals surface area (Å²) >= 11 is 4.63. The van der Waals surface area contributed by atoms with E-state index in [1.165, 1.54) is 6.92 Å². The van der Waals surface area contributed by atoms with Crippen LogP contribution >= 0.6 is 12.2 Å². The second-order valence-corrected chi connectivity index (χ2v) is 3.90. The van der Waals surface area contributed by atoms with Crippen molar-refractivity contribution in [3.63, 3.8) is 0 Å². The molecule has 2 atom stereocenters. The molecule has 2 unspecified atom stereocenters. The molecule has 0 radical (unpaired) electrons. The highest BCUT2D eigenvalue weighted by molar-refractivity contribution is 7.78. The Morgan fingerprint density at radius 3 is 3.00 bits per heavy atom. The summed E-state index contributed by atoms with van der Waals surface area (Å²) in [7, 11) is 0. The van der Waals surface area contributed by atoms with Gasteiger partial charge in [-0.2, -0.15) is 0 Å². The number of nitrogens with zero attached hydrogens (tertiary/aromatic N) is 1. The monoisotopic (exact) mass is 233 g/mol. The van der Waals surface area contributed by atoms with Crippen molar-refractivity contribution in [3.8, 4) is 0 Å². The molecule has 0 bridgehead atoms. The van der Waals surface area contributed by atoms with Gasteiger partial charge in [0.05, 0.1) is 5.16 Å². The lowest BCUT2D eigenvalue weighted by molar-refractivity contribution is -0.146. The number of isothiocyanates is 1. The SMILES string of the molecule is CC(=O)OC1Cc2ccccc2C1N=C=S. The van der Waals surface area contributed by atoms with Gasteiger partial charge in [-0.1, -0.05) is 24.3 Å². The largest absolute Gasteiger partial charge is 0.460 e. The van der Waals surface area contributed by atoms with Gasteiger partial charge in [-0.3, -0.25) is 4.79 Å². The number of rotatable bonds is 2. The molecule has 1 aromatic carbocycles. The third kappa shape index (κ3) is 2.03. The fraction of sp³-hybridized carbons (Fsp3) is 0.333. The zero-order chi connectivity index (χ0) is 11.5. The van der Waals surface area contributed by atoms with E-state index in [-0.39, 0.29) is 18.1 Å². The van der Waals surface area contributed by atoms with Crippen molar-refractivity contribution in [2.24, 2.45) is 4.99 Å². The molecule has 1 aromatic rings. The quantitative estimate of drug-likeness (QED) is 0.447. The molecule has 0 saturated heterocycles. The van der Waals surface area contributed by atoms with Crippen LogP contribution in [0.2, 0.25) is 0 Å². The maximum absolute atomic E-state index is 11.0. The van der Waals surface area contributed by atoms with E-state index < -0.39 is 0 Å². The van der Waals surface area contributed by atoms with E-state index in [9.17, 15) is 4.79 Å². The number of esters is 1. The van der Waals surface area contributed by atoms with Crippen molar-refractivity contribution in [1.82, 2.24) is 0 Å². The Morgan fingerprint density at radius 1 is 1.56 bits per heavy atom. The van der Waals surface area contributed by atoms with Crippen LogP contribution in [-0.2, 0) is 16.0 Å². The predicted octanol–water partition coefficient (Wildman–Crippen LogP) is 2.32. The molecule has 16 heavy (non-hydrogen) atoms. The Balaban J connectivity index is 2.33. The maximum Gasteiger partial charge on any atom is 0.303 e. The molecule has 0 fully saturated rings. The number of aliphatic imine (C=N–C) groups is 1. The molecular weight excluding hydrogens is 222 g/mol. The van der Waals surface area contributed by atoms with Crippen molar-refractivity contribution in [2.45, 2.75) is 25.5 Å². The lowest BCUT2D eigenvalue weighted by Crippen LogP contribution is -2.19. The Hall–Kier alpha value is -1.51. The number of thiocarbonyl (C=S) groups is 1. The zero-order valence-corrected chi connectivity index (χ0v) is 9.66.